The molecule has 0 fully saturated rings. The predicted octanol–water partition coefficient (Wildman–Crippen LogP) is 2.65. The van der Waals surface area contributed by atoms with E-state index in [0.29, 0.717) is 0 Å². The van der Waals surface area contributed by atoms with Gasteiger partial charge in [0.15, 0.2) is 0 Å². The van der Waals surface area contributed by atoms with Crippen LogP contribution < -0.4 is 5.73 Å². The van der Waals surface area contributed by atoms with Gasteiger partial charge in [-0.15, -0.1) is 0 Å². The lowest BCUT2D eigenvalue weighted by molar-refractivity contribution is 0.683. The largest absolute Gasteiger partial charge is 0.354 e. The first-order valence-electron chi connectivity index (χ1n) is 5.23. The summed E-state index contributed by atoms with van der Waals surface area (Å²) in [5, 5.41) is 0. The second-order valence-corrected chi connectivity index (χ2v) is 3.86. The van der Waals surface area contributed by atoms with Gasteiger partial charge in [0.1, 0.15) is 0 Å². The Morgan fingerprint density at radius 1 is 1.64 bits per heavy atom. The number of nitrogens with two attached hydrogens (primary N) is 1. The highest BCUT2D eigenvalue weighted by Gasteiger charge is 1.98. The molecule has 1 rings (SSSR count). The third-order valence-corrected chi connectivity index (χ3v) is 2.37. The van der Waals surface area contributed by atoms with E-state index in [-0.39, 0.29) is 6.04 Å². The number of aryl methyl sites for hydroxylation is 1. The zero-order valence-corrected chi connectivity index (χ0v) is 9.33. The van der Waals surface area contributed by atoms with Crippen molar-refractivity contribution in [3.8, 4) is 0 Å². The van der Waals surface area contributed by atoms with Crippen LogP contribution in [-0.2, 0) is 6.54 Å². The van der Waals surface area contributed by atoms with Crippen molar-refractivity contribution in [2.24, 2.45) is 5.73 Å². The Morgan fingerprint density at radius 2 is 2.36 bits per heavy atom. The zero-order valence-electron chi connectivity index (χ0n) is 9.33. The SMILES string of the molecule is CCCn1ccc(/C=C(/C)C(C)N)c1. The number of aromatic nitrogens is 1. The van der Waals surface area contributed by atoms with Crippen molar-refractivity contribution < 1.29 is 0 Å². The molecule has 1 aromatic rings. The summed E-state index contributed by atoms with van der Waals surface area (Å²) in [4.78, 5) is 0. The minimum absolute atomic E-state index is 0.143. The Hall–Kier alpha value is -1.02. The van der Waals surface area contributed by atoms with Crippen LogP contribution in [0.25, 0.3) is 6.08 Å². The fourth-order valence-electron chi connectivity index (χ4n) is 1.34. The van der Waals surface area contributed by atoms with Crippen LogP contribution in [0.3, 0.4) is 0 Å². The molecule has 2 nitrogen and oxygen atoms in total. The molecule has 0 bridgehead atoms. The van der Waals surface area contributed by atoms with E-state index in [2.05, 4.69) is 43.0 Å². The molecule has 1 aromatic heterocycles. The van der Waals surface area contributed by atoms with E-state index in [1.165, 1.54) is 17.6 Å². The van der Waals surface area contributed by atoms with Crippen LogP contribution in [0.2, 0.25) is 0 Å². The highest BCUT2D eigenvalue weighted by Crippen LogP contribution is 2.09. The lowest BCUT2D eigenvalue weighted by Crippen LogP contribution is -2.15. The van der Waals surface area contributed by atoms with Gasteiger partial charge in [-0.1, -0.05) is 18.6 Å². The van der Waals surface area contributed by atoms with Crippen LogP contribution in [0.4, 0.5) is 0 Å². The number of nitrogens with zero attached hydrogens (tertiary/aromatic N) is 1. The first kappa shape index (κ1) is 11.1. The number of hydrogen-bond acceptors (Lipinski definition) is 1. The molecule has 1 atom stereocenters. The molecule has 1 unspecified atom stereocenters. The molecule has 0 amide bonds. The van der Waals surface area contributed by atoms with E-state index in [1.54, 1.807) is 0 Å². The fourth-order valence-corrected chi connectivity index (χ4v) is 1.34. The van der Waals surface area contributed by atoms with E-state index >= 15 is 0 Å². The van der Waals surface area contributed by atoms with Crippen molar-refractivity contribution >= 4 is 6.08 Å². The van der Waals surface area contributed by atoms with Crippen LogP contribution >= 0.6 is 0 Å². The first-order valence-corrected chi connectivity index (χ1v) is 5.23. The Bertz CT molecular complexity index is 308. The van der Waals surface area contributed by atoms with Gasteiger partial charge >= 0.3 is 0 Å². The third-order valence-electron chi connectivity index (χ3n) is 2.37. The van der Waals surface area contributed by atoms with Crippen molar-refractivity contribution in [3.63, 3.8) is 0 Å². The Morgan fingerprint density at radius 3 is 2.93 bits per heavy atom. The summed E-state index contributed by atoms with van der Waals surface area (Å²) in [6.07, 6.45) is 7.60. The van der Waals surface area contributed by atoms with Gasteiger partial charge in [-0.05, 0) is 31.9 Å². The smallest absolute Gasteiger partial charge is 0.0225 e. The van der Waals surface area contributed by atoms with Crippen molar-refractivity contribution in [1.29, 1.82) is 0 Å². The normalized spacial score (nSPS) is 14.4. The zero-order chi connectivity index (χ0) is 10.6. The highest BCUT2D eigenvalue weighted by atomic mass is 14.9. The molecular formula is C12H20N2. The predicted molar refractivity (Wildman–Crippen MR) is 62.0 cm³/mol. The topological polar surface area (TPSA) is 30.9 Å². The van der Waals surface area contributed by atoms with Gasteiger partial charge in [-0.3, -0.25) is 0 Å². The molecule has 14 heavy (non-hydrogen) atoms. The summed E-state index contributed by atoms with van der Waals surface area (Å²) in [5.41, 5.74) is 8.24. The Balaban J connectivity index is 2.72. The lowest BCUT2D eigenvalue weighted by atomic mass is 10.1. The maximum absolute atomic E-state index is 5.77. The Labute approximate surface area is 86.4 Å². The molecule has 0 aromatic carbocycles. The monoisotopic (exact) mass is 192 g/mol. The van der Waals surface area contributed by atoms with Gasteiger partial charge in [0, 0.05) is 25.0 Å². The molecule has 2 heteroatoms. The quantitative estimate of drug-likeness (QED) is 0.781. The molecular weight excluding hydrogens is 172 g/mol. The second-order valence-electron chi connectivity index (χ2n) is 3.86. The maximum atomic E-state index is 5.77. The molecule has 2 N–H and O–H groups in total. The average molecular weight is 192 g/mol. The third kappa shape index (κ3) is 3.04. The van der Waals surface area contributed by atoms with Crippen LogP contribution in [0.5, 0.6) is 0 Å². The summed E-state index contributed by atoms with van der Waals surface area (Å²) >= 11 is 0. The standard InChI is InChI=1S/C12H20N2/c1-4-6-14-7-5-12(9-14)8-10(2)11(3)13/h5,7-9,11H,4,6,13H2,1-3H3/b10-8-. The van der Waals surface area contributed by atoms with E-state index in [1.807, 2.05) is 6.92 Å². The van der Waals surface area contributed by atoms with Crippen molar-refractivity contribution in [3.05, 3.63) is 29.6 Å². The van der Waals surface area contributed by atoms with E-state index in [9.17, 15) is 0 Å². The minimum Gasteiger partial charge on any atom is -0.354 e. The van der Waals surface area contributed by atoms with Gasteiger partial charge in [0.2, 0.25) is 0 Å². The summed E-state index contributed by atoms with van der Waals surface area (Å²) in [5.74, 6) is 0. The second kappa shape index (κ2) is 5.01. The number of rotatable bonds is 4. The van der Waals surface area contributed by atoms with E-state index in [4.69, 9.17) is 5.73 Å². The summed E-state index contributed by atoms with van der Waals surface area (Å²) in [6, 6.07) is 2.27. The average Bonchev–Trinajstić information content (AvgIpc) is 2.53. The number of hydrogen-bond donors (Lipinski definition) is 1. The van der Waals surface area contributed by atoms with Gasteiger partial charge in [0.25, 0.3) is 0 Å². The molecule has 0 aliphatic carbocycles. The highest BCUT2D eigenvalue weighted by molar-refractivity contribution is 5.52. The maximum Gasteiger partial charge on any atom is 0.0225 e. The lowest BCUT2D eigenvalue weighted by Gasteiger charge is -2.03. The van der Waals surface area contributed by atoms with Gasteiger partial charge in [0.05, 0.1) is 0 Å². The van der Waals surface area contributed by atoms with Crippen molar-refractivity contribution in [1.82, 2.24) is 4.57 Å². The molecule has 0 radical (unpaired) electrons. The minimum atomic E-state index is 0.143. The molecule has 0 saturated heterocycles. The summed E-state index contributed by atoms with van der Waals surface area (Å²) < 4.78 is 2.21. The van der Waals surface area contributed by atoms with Crippen LogP contribution in [0, 0.1) is 0 Å². The molecule has 78 valence electrons. The van der Waals surface area contributed by atoms with Crippen LogP contribution in [-0.4, -0.2) is 10.6 Å². The summed E-state index contributed by atoms with van der Waals surface area (Å²) in [6.45, 7) is 7.35. The summed E-state index contributed by atoms with van der Waals surface area (Å²) in [7, 11) is 0. The van der Waals surface area contributed by atoms with Crippen molar-refractivity contribution in [2.75, 3.05) is 0 Å². The van der Waals surface area contributed by atoms with E-state index in [0.717, 1.165) is 6.54 Å². The van der Waals surface area contributed by atoms with Crippen LogP contribution in [0.1, 0.15) is 32.8 Å². The Kier molecular flexibility index (Phi) is 3.96. The molecule has 0 aliphatic heterocycles. The van der Waals surface area contributed by atoms with E-state index < -0.39 is 0 Å². The van der Waals surface area contributed by atoms with Gasteiger partial charge in [-0.25, -0.2) is 0 Å². The van der Waals surface area contributed by atoms with Gasteiger partial charge in [-0.2, -0.15) is 0 Å². The molecule has 0 saturated carbocycles. The molecule has 0 spiro atoms. The molecule has 1 heterocycles. The van der Waals surface area contributed by atoms with Crippen molar-refractivity contribution in [2.45, 2.75) is 39.8 Å². The first-order chi connectivity index (χ1) is 6.63. The van der Waals surface area contributed by atoms with Gasteiger partial charge < -0.3 is 10.3 Å². The fraction of sp³-hybridized carbons (Fsp3) is 0.500. The van der Waals surface area contributed by atoms with Crippen LogP contribution in [0.15, 0.2) is 24.0 Å². The molecule has 0 aliphatic rings.